The van der Waals surface area contributed by atoms with E-state index in [2.05, 4.69) is 0 Å². The van der Waals surface area contributed by atoms with Gasteiger partial charge in [-0.15, -0.1) is 11.8 Å². The molecule has 2 nitrogen and oxygen atoms in total. The summed E-state index contributed by atoms with van der Waals surface area (Å²) in [6.45, 7) is 0. The first-order valence-electron chi connectivity index (χ1n) is 6.09. The Morgan fingerprint density at radius 2 is 1.63 bits per heavy atom. The van der Waals surface area contributed by atoms with Crippen LogP contribution < -0.4 is 0 Å². The molecule has 0 bridgehead atoms. The molecule has 3 heteroatoms. The van der Waals surface area contributed by atoms with Gasteiger partial charge in [0.25, 0.3) is 0 Å². The lowest BCUT2D eigenvalue weighted by Gasteiger charge is -2.14. The maximum Gasteiger partial charge on any atom is 0.172 e. The zero-order valence-electron chi connectivity index (χ0n) is 10.8. The summed E-state index contributed by atoms with van der Waals surface area (Å²) in [5.74, 6) is 0.542. The standard InChI is InChI=1S/C16H16O2S/c1-18-16(14-10-6-3-7-11-14)19-12-15(17)13-8-4-2-5-9-13/h2-11,16H,12H2,1H3. The average Bonchev–Trinajstić information content (AvgIpc) is 2.49. The summed E-state index contributed by atoms with van der Waals surface area (Å²) in [5.41, 5.74) is 1.72. The van der Waals surface area contributed by atoms with E-state index in [1.54, 1.807) is 7.11 Å². The Balaban J connectivity index is 1.96. The Morgan fingerprint density at radius 1 is 1.05 bits per heavy atom. The number of ketones is 1. The van der Waals surface area contributed by atoms with Crippen molar-refractivity contribution in [2.24, 2.45) is 0 Å². The van der Waals surface area contributed by atoms with Crippen molar-refractivity contribution >= 4 is 17.5 Å². The molecule has 0 heterocycles. The largest absolute Gasteiger partial charge is 0.366 e. The van der Waals surface area contributed by atoms with Crippen LogP contribution in [0.5, 0.6) is 0 Å². The summed E-state index contributed by atoms with van der Waals surface area (Å²) in [5, 5.41) is 0. The molecule has 0 amide bonds. The topological polar surface area (TPSA) is 26.3 Å². The lowest BCUT2D eigenvalue weighted by molar-refractivity contribution is 0.102. The third-order valence-electron chi connectivity index (χ3n) is 2.75. The van der Waals surface area contributed by atoms with E-state index in [1.807, 2.05) is 60.7 Å². The fraction of sp³-hybridized carbons (Fsp3) is 0.188. The van der Waals surface area contributed by atoms with E-state index in [-0.39, 0.29) is 11.2 Å². The van der Waals surface area contributed by atoms with Gasteiger partial charge in [-0.2, -0.15) is 0 Å². The van der Waals surface area contributed by atoms with Crippen LogP contribution in [0.3, 0.4) is 0 Å². The predicted octanol–water partition coefficient (Wildman–Crippen LogP) is 3.95. The highest BCUT2D eigenvalue weighted by Gasteiger charge is 2.13. The average molecular weight is 272 g/mol. The number of ether oxygens (including phenoxy) is 1. The van der Waals surface area contributed by atoms with E-state index in [0.717, 1.165) is 11.1 Å². The maximum absolute atomic E-state index is 12.0. The molecule has 0 spiro atoms. The van der Waals surface area contributed by atoms with Crippen molar-refractivity contribution in [1.82, 2.24) is 0 Å². The van der Waals surface area contributed by atoms with Gasteiger partial charge in [0.2, 0.25) is 0 Å². The number of Topliss-reactive ketones (excluding diaryl/α,β-unsaturated/α-hetero) is 1. The summed E-state index contributed by atoms with van der Waals surface area (Å²) >= 11 is 1.51. The van der Waals surface area contributed by atoms with Crippen molar-refractivity contribution in [2.75, 3.05) is 12.9 Å². The van der Waals surface area contributed by atoms with Crippen LogP contribution in [0, 0.1) is 0 Å². The summed E-state index contributed by atoms with van der Waals surface area (Å²) in [6, 6.07) is 19.3. The van der Waals surface area contributed by atoms with Crippen LogP contribution in [0.1, 0.15) is 21.4 Å². The molecule has 0 N–H and O–H groups in total. The van der Waals surface area contributed by atoms with Gasteiger partial charge in [-0.1, -0.05) is 60.7 Å². The van der Waals surface area contributed by atoms with Crippen LogP contribution in [-0.4, -0.2) is 18.6 Å². The van der Waals surface area contributed by atoms with Crippen LogP contribution in [0.2, 0.25) is 0 Å². The highest BCUT2D eigenvalue weighted by molar-refractivity contribution is 8.00. The number of rotatable bonds is 6. The van der Waals surface area contributed by atoms with Crippen molar-refractivity contribution in [3.05, 3.63) is 71.8 Å². The molecule has 98 valence electrons. The van der Waals surface area contributed by atoms with Crippen molar-refractivity contribution in [3.63, 3.8) is 0 Å². The summed E-state index contributed by atoms with van der Waals surface area (Å²) < 4.78 is 5.43. The third-order valence-corrected chi connectivity index (χ3v) is 3.94. The molecule has 2 aromatic rings. The second kappa shape index (κ2) is 7.12. The molecule has 2 aromatic carbocycles. The van der Waals surface area contributed by atoms with Crippen molar-refractivity contribution < 1.29 is 9.53 Å². The fourth-order valence-corrected chi connectivity index (χ4v) is 2.72. The van der Waals surface area contributed by atoms with Crippen molar-refractivity contribution in [2.45, 2.75) is 5.44 Å². The fourth-order valence-electron chi connectivity index (χ4n) is 1.77. The molecule has 0 saturated carbocycles. The van der Waals surface area contributed by atoms with Crippen LogP contribution in [0.15, 0.2) is 60.7 Å². The lowest BCUT2D eigenvalue weighted by Crippen LogP contribution is -2.06. The molecule has 1 unspecified atom stereocenters. The number of carbonyl (C=O) groups excluding carboxylic acids is 1. The minimum Gasteiger partial charge on any atom is -0.366 e. The van der Waals surface area contributed by atoms with E-state index in [1.165, 1.54) is 11.8 Å². The van der Waals surface area contributed by atoms with Gasteiger partial charge in [-0.3, -0.25) is 4.79 Å². The van der Waals surface area contributed by atoms with Gasteiger partial charge in [0, 0.05) is 12.7 Å². The first-order valence-corrected chi connectivity index (χ1v) is 7.13. The molecule has 19 heavy (non-hydrogen) atoms. The van der Waals surface area contributed by atoms with E-state index < -0.39 is 0 Å². The van der Waals surface area contributed by atoms with Crippen LogP contribution in [0.25, 0.3) is 0 Å². The molecule has 0 aromatic heterocycles. The second-order valence-corrected chi connectivity index (χ2v) is 5.13. The molecule has 0 radical (unpaired) electrons. The molecular formula is C16H16O2S. The van der Waals surface area contributed by atoms with Crippen molar-refractivity contribution in [3.8, 4) is 0 Å². The zero-order valence-corrected chi connectivity index (χ0v) is 11.6. The maximum atomic E-state index is 12.0. The van der Waals surface area contributed by atoms with Crippen molar-refractivity contribution in [1.29, 1.82) is 0 Å². The summed E-state index contributed by atoms with van der Waals surface area (Å²) in [6.07, 6.45) is 0. The van der Waals surface area contributed by atoms with Crippen LogP contribution >= 0.6 is 11.8 Å². The Labute approximate surface area is 117 Å². The quantitative estimate of drug-likeness (QED) is 0.588. The van der Waals surface area contributed by atoms with Gasteiger partial charge in [0.15, 0.2) is 5.78 Å². The number of thioether (sulfide) groups is 1. The van der Waals surface area contributed by atoms with E-state index in [9.17, 15) is 4.79 Å². The van der Waals surface area contributed by atoms with E-state index in [4.69, 9.17) is 4.74 Å². The third kappa shape index (κ3) is 3.94. The minimum absolute atomic E-state index is 0.103. The Morgan fingerprint density at radius 3 is 2.21 bits per heavy atom. The van der Waals surface area contributed by atoms with Gasteiger partial charge in [0.05, 0.1) is 5.75 Å². The second-order valence-electron chi connectivity index (χ2n) is 4.08. The molecular weight excluding hydrogens is 256 g/mol. The van der Waals surface area contributed by atoms with Crippen LogP contribution in [0.4, 0.5) is 0 Å². The number of benzene rings is 2. The first-order chi connectivity index (χ1) is 9.31. The van der Waals surface area contributed by atoms with Gasteiger partial charge < -0.3 is 4.74 Å². The van der Waals surface area contributed by atoms with E-state index in [0.29, 0.717) is 5.75 Å². The molecule has 0 saturated heterocycles. The zero-order chi connectivity index (χ0) is 13.5. The highest BCUT2D eigenvalue weighted by atomic mass is 32.2. The highest BCUT2D eigenvalue weighted by Crippen LogP contribution is 2.29. The Bertz CT molecular complexity index is 511. The van der Waals surface area contributed by atoms with Gasteiger partial charge >= 0.3 is 0 Å². The number of methoxy groups -OCH3 is 1. The van der Waals surface area contributed by atoms with Gasteiger partial charge in [-0.05, 0) is 5.56 Å². The predicted molar refractivity (Wildman–Crippen MR) is 79.4 cm³/mol. The van der Waals surface area contributed by atoms with Gasteiger partial charge in [-0.25, -0.2) is 0 Å². The Hall–Kier alpha value is -1.58. The molecule has 0 fully saturated rings. The molecule has 0 aliphatic carbocycles. The monoisotopic (exact) mass is 272 g/mol. The van der Waals surface area contributed by atoms with E-state index >= 15 is 0 Å². The van der Waals surface area contributed by atoms with Gasteiger partial charge in [0.1, 0.15) is 5.44 Å². The summed E-state index contributed by atoms with van der Waals surface area (Å²) in [4.78, 5) is 12.0. The molecule has 0 aliphatic rings. The molecule has 2 rings (SSSR count). The smallest absolute Gasteiger partial charge is 0.172 e. The summed E-state index contributed by atoms with van der Waals surface area (Å²) in [7, 11) is 1.66. The number of hydrogen-bond donors (Lipinski definition) is 0. The molecule has 1 atom stereocenters. The van der Waals surface area contributed by atoms with Crippen LogP contribution in [-0.2, 0) is 4.74 Å². The number of hydrogen-bond acceptors (Lipinski definition) is 3. The normalized spacial score (nSPS) is 12.1. The number of carbonyl (C=O) groups is 1. The minimum atomic E-state index is -0.103. The Kier molecular flexibility index (Phi) is 5.19. The first kappa shape index (κ1) is 13.8. The molecule has 0 aliphatic heterocycles. The lowest BCUT2D eigenvalue weighted by atomic mass is 10.2. The SMILES string of the molecule is COC(SCC(=O)c1ccccc1)c1ccccc1.